The summed E-state index contributed by atoms with van der Waals surface area (Å²) < 4.78 is 0. The van der Waals surface area contributed by atoms with Crippen molar-refractivity contribution >= 4 is 5.78 Å². The average molecular weight is 291 g/mol. The van der Waals surface area contributed by atoms with Gasteiger partial charge in [0.05, 0.1) is 0 Å². The Balaban J connectivity index is 1.92. The predicted octanol–water partition coefficient (Wildman–Crippen LogP) is 3.17. The van der Waals surface area contributed by atoms with Crippen LogP contribution in [0.5, 0.6) is 0 Å². The van der Waals surface area contributed by atoms with E-state index in [-0.39, 0.29) is 11.3 Å². The number of fused-ring (bicyclic) bond motifs is 1. The largest absolute Gasteiger partial charge is 0.316 e. The Morgan fingerprint density at radius 1 is 0.864 bits per heavy atom. The summed E-state index contributed by atoms with van der Waals surface area (Å²) in [5, 5.41) is 3.47. The second kappa shape index (κ2) is 5.36. The summed E-state index contributed by atoms with van der Waals surface area (Å²) in [7, 11) is 0. The van der Waals surface area contributed by atoms with Gasteiger partial charge in [-0.25, -0.2) is 0 Å². The van der Waals surface area contributed by atoms with Gasteiger partial charge in [-0.1, -0.05) is 60.7 Å². The van der Waals surface area contributed by atoms with Gasteiger partial charge >= 0.3 is 0 Å². The van der Waals surface area contributed by atoms with E-state index in [1.807, 2.05) is 0 Å². The molecule has 2 nitrogen and oxygen atoms in total. The highest BCUT2D eigenvalue weighted by Gasteiger charge is 2.52. The number of ketones is 1. The van der Waals surface area contributed by atoms with Crippen molar-refractivity contribution in [3.63, 3.8) is 0 Å². The van der Waals surface area contributed by atoms with E-state index in [1.165, 1.54) is 11.1 Å². The first kappa shape index (κ1) is 13.7. The van der Waals surface area contributed by atoms with Crippen LogP contribution in [0.25, 0.3) is 0 Å². The van der Waals surface area contributed by atoms with Gasteiger partial charge in [-0.15, -0.1) is 0 Å². The Labute approximate surface area is 131 Å². The van der Waals surface area contributed by atoms with E-state index in [0.29, 0.717) is 18.1 Å². The van der Waals surface area contributed by atoms with Gasteiger partial charge in [-0.2, -0.15) is 0 Å². The van der Waals surface area contributed by atoms with Crippen LogP contribution in [0.4, 0.5) is 0 Å². The Morgan fingerprint density at radius 2 is 1.45 bits per heavy atom. The summed E-state index contributed by atoms with van der Waals surface area (Å²) in [4.78, 5) is 12.4. The number of hydrogen-bond acceptors (Lipinski definition) is 2. The second-order valence-electron chi connectivity index (χ2n) is 6.54. The van der Waals surface area contributed by atoms with E-state index in [9.17, 15) is 4.79 Å². The number of rotatable bonds is 2. The molecule has 1 N–H and O–H groups in total. The molecule has 22 heavy (non-hydrogen) atoms. The van der Waals surface area contributed by atoms with Crippen LogP contribution in [0.1, 0.15) is 24.0 Å². The first-order valence-corrected chi connectivity index (χ1v) is 8.17. The highest BCUT2D eigenvalue weighted by atomic mass is 16.1. The normalized spacial score (nSPS) is 26.6. The third-order valence-electron chi connectivity index (χ3n) is 5.60. The molecule has 1 saturated heterocycles. The Hall–Kier alpha value is -1.93. The fourth-order valence-electron chi connectivity index (χ4n) is 4.58. The van der Waals surface area contributed by atoms with Crippen LogP contribution in [0, 0.1) is 11.8 Å². The molecule has 2 aromatic carbocycles. The molecule has 2 atom stereocenters. The van der Waals surface area contributed by atoms with Crippen molar-refractivity contribution in [1.82, 2.24) is 5.32 Å². The second-order valence-corrected chi connectivity index (χ2v) is 6.54. The zero-order chi connectivity index (χ0) is 15.0. The molecule has 1 heterocycles. The average Bonchev–Trinajstić information content (AvgIpc) is 3.08. The van der Waals surface area contributed by atoms with Gasteiger partial charge < -0.3 is 5.32 Å². The third-order valence-corrected chi connectivity index (χ3v) is 5.60. The SMILES string of the molecule is O=C1CCC(c2ccccc2)(c2ccccc2)C2CNCC12. The molecule has 0 bridgehead atoms. The standard InChI is InChI=1S/C20H21NO/c22-19-11-12-20(15-7-3-1-4-8-15,16-9-5-2-6-10-16)18-14-21-13-17(18)19/h1-10,17-18,21H,11-14H2. The Morgan fingerprint density at radius 3 is 2.05 bits per heavy atom. The summed E-state index contributed by atoms with van der Waals surface area (Å²) >= 11 is 0. The van der Waals surface area contributed by atoms with E-state index in [4.69, 9.17) is 0 Å². The Kier molecular flexibility index (Phi) is 3.34. The molecular formula is C20H21NO. The van der Waals surface area contributed by atoms with Crippen molar-refractivity contribution in [2.45, 2.75) is 18.3 Å². The van der Waals surface area contributed by atoms with Crippen molar-refractivity contribution in [3.8, 4) is 0 Å². The molecule has 1 aliphatic heterocycles. The number of carbonyl (C=O) groups excluding carboxylic acids is 1. The van der Waals surface area contributed by atoms with Gasteiger partial charge in [0.1, 0.15) is 5.78 Å². The van der Waals surface area contributed by atoms with E-state index < -0.39 is 0 Å². The third kappa shape index (κ3) is 1.94. The molecule has 4 rings (SSSR count). The Bertz CT molecular complexity index is 625. The molecule has 2 aromatic rings. The minimum absolute atomic E-state index is 0.0371. The summed E-state index contributed by atoms with van der Waals surface area (Å²) in [6, 6.07) is 21.6. The minimum Gasteiger partial charge on any atom is -0.316 e. The molecule has 2 aliphatic rings. The summed E-state index contributed by atoms with van der Waals surface area (Å²) in [6.07, 6.45) is 1.61. The van der Waals surface area contributed by atoms with Gasteiger partial charge in [0, 0.05) is 24.3 Å². The lowest BCUT2D eigenvalue weighted by Crippen LogP contribution is -2.47. The maximum absolute atomic E-state index is 12.4. The zero-order valence-corrected chi connectivity index (χ0v) is 12.7. The van der Waals surface area contributed by atoms with Crippen LogP contribution in [0.2, 0.25) is 0 Å². The van der Waals surface area contributed by atoms with Crippen LogP contribution < -0.4 is 5.32 Å². The van der Waals surface area contributed by atoms with Gasteiger partial charge in [0.2, 0.25) is 0 Å². The highest BCUT2D eigenvalue weighted by molar-refractivity contribution is 5.84. The molecule has 1 aliphatic carbocycles. The van der Waals surface area contributed by atoms with Crippen molar-refractivity contribution in [3.05, 3.63) is 71.8 Å². The first-order valence-electron chi connectivity index (χ1n) is 8.17. The molecule has 2 unspecified atom stereocenters. The molecule has 0 amide bonds. The molecule has 1 saturated carbocycles. The van der Waals surface area contributed by atoms with Crippen molar-refractivity contribution in [2.75, 3.05) is 13.1 Å². The smallest absolute Gasteiger partial charge is 0.137 e. The van der Waals surface area contributed by atoms with Crippen LogP contribution in [-0.2, 0) is 10.2 Å². The minimum atomic E-state index is -0.0371. The molecule has 2 fully saturated rings. The maximum Gasteiger partial charge on any atom is 0.137 e. The van der Waals surface area contributed by atoms with E-state index >= 15 is 0 Å². The summed E-state index contributed by atoms with van der Waals surface area (Å²) in [6.45, 7) is 1.77. The molecule has 0 aromatic heterocycles. The molecule has 2 heteroatoms. The highest BCUT2D eigenvalue weighted by Crippen LogP contribution is 2.50. The van der Waals surface area contributed by atoms with Gasteiger partial charge in [0.25, 0.3) is 0 Å². The fourth-order valence-corrected chi connectivity index (χ4v) is 4.58. The lowest BCUT2D eigenvalue weighted by molar-refractivity contribution is -0.126. The fraction of sp³-hybridized carbons (Fsp3) is 0.350. The van der Waals surface area contributed by atoms with Crippen LogP contribution in [0.15, 0.2) is 60.7 Å². The number of carbonyl (C=O) groups is 1. The van der Waals surface area contributed by atoms with Crippen LogP contribution in [-0.4, -0.2) is 18.9 Å². The number of hydrogen-bond donors (Lipinski definition) is 1. The predicted molar refractivity (Wildman–Crippen MR) is 87.8 cm³/mol. The van der Waals surface area contributed by atoms with Gasteiger partial charge in [0.15, 0.2) is 0 Å². The van der Waals surface area contributed by atoms with E-state index in [2.05, 4.69) is 66.0 Å². The van der Waals surface area contributed by atoms with E-state index in [0.717, 1.165) is 19.5 Å². The number of benzene rings is 2. The number of nitrogens with one attached hydrogen (secondary N) is 1. The van der Waals surface area contributed by atoms with E-state index in [1.54, 1.807) is 0 Å². The molecular weight excluding hydrogens is 270 g/mol. The molecule has 0 radical (unpaired) electrons. The monoisotopic (exact) mass is 291 g/mol. The van der Waals surface area contributed by atoms with Crippen LogP contribution in [0.3, 0.4) is 0 Å². The molecule has 112 valence electrons. The summed E-state index contributed by atoms with van der Waals surface area (Å²) in [5.41, 5.74) is 2.67. The molecule has 0 spiro atoms. The zero-order valence-electron chi connectivity index (χ0n) is 12.7. The first-order chi connectivity index (χ1) is 10.8. The van der Waals surface area contributed by atoms with Crippen LogP contribution >= 0.6 is 0 Å². The van der Waals surface area contributed by atoms with Crippen molar-refractivity contribution in [1.29, 1.82) is 0 Å². The number of Topliss-reactive ketones (excluding diaryl/α,β-unsaturated/α-hetero) is 1. The lowest BCUT2D eigenvalue weighted by atomic mass is 9.56. The maximum atomic E-state index is 12.4. The quantitative estimate of drug-likeness (QED) is 0.921. The topological polar surface area (TPSA) is 29.1 Å². The summed E-state index contributed by atoms with van der Waals surface area (Å²) in [5.74, 6) is 0.963. The lowest BCUT2D eigenvalue weighted by Gasteiger charge is -2.45. The van der Waals surface area contributed by atoms with Crippen molar-refractivity contribution < 1.29 is 4.79 Å². The van der Waals surface area contributed by atoms with Gasteiger partial charge in [-0.3, -0.25) is 4.79 Å². The van der Waals surface area contributed by atoms with Crippen molar-refractivity contribution in [2.24, 2.45) is 11.8 Å². The van der Waals surface area contributed by atoms with Gasteiger partial charge in [-0.05, 0) is 30.0 Å².